The molecule has 130 valence electrons. The van der Waals surface area contributed by atoms with Crippen molar-refractivity contribution >= 4 is 5.97 Å². The molecule has 0 aromatic heterocycles. The Labute approximate surface area is 138 Å². The third-order valence-electron chi connectivity index (χ3n) is 6.12. The number of ether oxygens (including phenoxy) is 1. The largest absolute Gasteiger partial charge is 0.465 e. The molecular formula is C20H38O2. The summed E-state index contributed by atoms with van der Waals surface area (Å²) in [6.07, 6.45) is 6.15. The van der Waals surface area contributed by atoms with Crippen LogP contribution in [0.25, 0.3) is 0 Å². The summed E-state index contributed by atoms with van der Waals surface area (Å²) in [4.78, 5) is 11.6. The van der Waals surface area contributed by atoms with Gasteiger partial charge in [0.25, 0.3) is 0 Å². The fourth-order valence-electron chi connectivity index (χ4n) is 3.96. The minimum absolute atomic E-state index is 0.0796. The number of hydrogen-bond acceptors (Lipinski definition) is 2. The summed E-state index contributed by atoms with van der Waals surface area (Å²) in [6, 6.07) is 0. The molecule has 0 amide bonds. The maximum atomic E-state index is 11.6. The molecular weight excluding hydrogens is 272 g/mol. The lowest BCUT2D eigenvalue weighted by Crippen LogP contribution is -2.23. The summed E-state index contributed by atoms with van der Waals surface area (Å²) < 4.78 is 5.31. The Bertz CT molecular complexity index is 328. The SMILES string of the molecule is CC1C(C)C(C)C(CCCCCCOC(=O)C(C)(C)C)C1C. The van der Waals surface area contributed by atoms with Crippen molar-refractivity contribution in [1.29, 1.82) is 0 Å². The first-order valence-corrected chi connectivity index (χ1v) is 9.33. The molecule has 1 fully saturated rings. The molecule has 0 radical (unpaired) electrons. The number of rotatable bonds is 7. The van der Waals surface area contributed by atoms with Crippen LogP contribution in [0.2, 0.25) is 0 Å². The zero-order chi connectivity index (χ0) is 16.9. The van der Waals surface area contributed by atoms with Crippen molar-refractivity contribution in [3.05, 3.63) is 0 Å². The summed E-state index contributed by atoms with van der Waals surface area (Å²) in [5.41, 5.74) is -0.373. The highest BCUT2D eigenvalue weighted by Crippen LogP contribution is 2.47. The summed E-state index contributed by atoms with van der Waals surface area (Å²) in [5, 5.41) is 0. The smallest absolute Gasteiger partial charge is 0.311 e. The van der Waals surface area contributed by atoms with E-state index in [-0.39, 0.29) is 11.4 Å². The van der Waals surface area contributed by atoms with Crippen molar-refractivity contribution in [2.45, 2.75) is 80.6 Å². The van der Waals surface area contributed by atoms with E-state index < -0.39 is 0 Å². The normalized spacial score (nSPS) is 32.2. The van der Waals surface area contributed by atoms with Crippen LogP contribution in [-0.4, -0.2) is 12.6 Å². The van der Waals surface area contributed by atoms with Crippen molar-refractivity contribution in [1.82, 2.24) is 0 Å². The second-order valence-corrected chi connectivity index (χ2v) is 8.69. The standard InChI is InChI=1S/C20H38O2/c1-14-15(2)17(4)18(16(14)3)12-10-8-9-11-13-22-19(21)20(5,6)7/h14-18H,8-13H2,1-7H3. The van der Waals surface area contributed by atoms with E-state index in [2.05, 4.69) is 27.7 Å². The van der Waals surface area contributed by atoms with E-state index in [9.17, 15) is 4.79 Å². The summed E-state index contributed by atoms with van der Waals surface area (Å²) in [7, 11) is 0. The molecule has 1 aliphatic rings. The highest BCUT2D eigenvalue weighted by molar-refractivity contribution is 5.75. The number of hydrogen-bond donors (Lipinski definition) is 0. The molecule has 0 aliphatic heterocycles. The first-order chi connectivity index (χ1) is 10.2. The molecule has 0 spiro atoms. The average molecular weight is 311 g/mol. The molecule has 2 heteroatoms. The fourth-order valence-corrected chi connectivity index (χ4v) is 3.96. The van der Waals surface area contributed by atoms with Gasteiger partial charge in [-0.25, -0.2) is 0 Å². The third kappa shape index (κ3) is 5.28. The van der Waals surface area contributed by atoms with Crippen molar-refractivity contribution in [3.8, 4) is 0 Å². The van der Waals surface area contributed by atoms with Gasteiger partial charge in [0, 0.05) is 0 Å². The molecule has 4 unspecified atom stereocenters. The minimum atomic E-state index is -0.373. The van der Waals surface area contributed by atoms with Crippen LogP contribution in [0.15, 0.2) is 0 Å². The Morgan fingerprint density at radius 2 is 1.32 bits per heavy atom. The summed E-state index contributed by atoms with van der Waals surface area (Å²) in [5.74, 6) is 4.32. The van der Waals surface area contributed by atoms with Gasteiger partial charge in [0.2, 0.25) is 0 Å². The van der Waals surface area contributed by atoms with E-state index in [0.29, 0.717) is 6.61 Å². The van der Waals surface area contributed by atoms with Crippen LogP contribution in [0.3, 0.4) is 0 Å². The molecule has 1 aliphatic carbocycles. The Balaban J connectivity index is 2.10. The maximum Gasteiger partial charge on any atom is 0.311 e. The van der Waals surface area contributed by atoms with Gasteiger partial charge in [0.05, 0.1) is 12.0 Å². The molecule has 0 heterocycles. The lowest BCUT2D eigenvalue weighted by Gasteiger charge is -2.21. The molecule has 1 saturated carbocycles. The van der Waals surface area contributed by atoms with Crippen LogP contribution < -0.4 is 0 Å². The summed E-state index contributed by atoms with van der Waals surface area (Å²) in [6.45, 7) is 16.0. The minimum Gasteiger partial charge on any atom is -0.465 e. The topological polar surface area (TPSA) is 26.3 Å². The second kappa shape index (κ2) is 8.36. The summed E-state index contributed by atoms with van der Waals surface area (Å²) >= 11 is 0. The van der Waals surface area contributed by atoms with Crippen LogP contribution in [-0.2, 0) is 9.53 Å². The van der Waals surface area contributed by atoms with Gasteiger partial charge in [0.15, 0.2) is 0 Å². The van der Waals surface area contributed by atoms with E-state index in [1.165, 1.54) is 25.7 Å². The third-order valence-corrected chi connectivity index (χ3v) is 6.12. The molecule has 0 N–H and O–H groups in total. The Kier molecular flexibility index (Phi) is 7.41. The van der Waals surface area contributed by atoms with Crippen LogP contribution in [0.5, 0.6) is 0 Å². The van der Waals surface area contributed by atoms with Gasteiger partial charge in [-0.1, -0.05) is 47.0 Å². The van der Waals surface area contributed by atoms with Crippen molar-refractivity contribution in [2.24, 2.45) is 35.0 Å². The van der Waals surface area contributed by atoms with Crippen LogP contribution in [0.4, 0.5) is 0 Å². The van der Waals surface area contributed by atoms with E-state index >= 15 is 0 Å². The lowest BCUT2D eigenvalue weighted by atomic mass is 9.85. The first-order valence-electron chi connectivity index (χ1n) is 9.33. The van der Waals surface area contributed by atoms with Gasteiger partial charge in [0.1, 0.15) is 0 Å². The monoisotopic (exact) mass is 310 g/mol. The molecule has 1 rings (SSSR count). The molecule has 0 saturated heterocycles. The highest BCUT2D eigenvalue weighted by Gasteiger charge is 2.40. The first kappa shape index (κ1) is 19.5. The van der Waals surface area contributed by atoms with Crippen molar-refractivity contribution in [2.75, 3.05) is 6.61 Å². The van der Waals surface area contributed by atoms with Crippen molar-refractivity contribution < 1.29 is 9.53 Å². The quantitative estimate of drug-likeness (QED) is 0.445. The average Bonchev–Trinajstić information content (AvgIpc) is 2.62. The molecule has 0 aromatic carbocycles. The number of unbranched alkanes of at least 4 members (excludes halogenated alkanes) is 3. The fraction of sp³-hybridized carbons (Fsp3) is 0.950. The predicted molar refractivity (Wildman–Crippen MR) is 93.6 cm³/mol. The van der Waals surface area contributed by atoms with Gasteiger partial charge in [-0.15, -0.1) is 0 Å². The zero-order valence-corrected chi connectivity index (χ0v) is 15.9. The van der Waals surface area contributed by atoms with Crippen LogP contribution in [0, 0.1) is 35.0 Å². The number of carbonyl (C=O) groups is 1. The van der Waals surface area contributed by atoms with E-state index in [0.717, 1.165) is 36.0 Å². The molecule has 4 atom stereocenters. The van der Waals surface area contributed by atoms with E-state index in [1.54, 1.807) is 0 Å². The zero-order valence-electron chi connectivity index (χ0n) is 15.9. The van der Waals surface area contributed by atoms with Gasteiger partial charge in [-0.3, -0.25) is 4.79 Å². The highest BCUT2D eigenvalue weighted by atomic mass is 16.5. The van der Waals surface area contributed by atoms with Gasteiger partial charge < -0.3 is 4.74 Å². The van der Waals surface area contributed by atoms with Crippen LogP contribution >= 0.6 is 0 Å². The number of carbonyl (C=O) groups excluding carboxylic acids is 1. The molecule has 0 bridgehead atoms. The molecule has 0 aromatic rings. The Morgan fingerprint density at radius 1 is 0.818 bits per heavy atom. The van der Waals surface area contributed by atoms with Gasteiger partial charge in [-0.05, 0) is 63.2 Å². The van der Waals surface area contributed by atoms with Crippen LogP contribution in [0.1, 0.15) is 80.6 Å². The van der Waals surface area contributed by atoms with E-state index in [4.69, 9.17) is 4.74 Å². The van der Waals surface area contributed by atoms with Gasteiger partial charge in [-0.2, -0.15) is 0 Å². The predicted octanol–water partition coefficient (Wildman–Crippen LogP) is 5.70. The Morgan fingerprint density at radius 3 is 1.82 bits per heavy atom. The molecule has 2 nitrogen and oxygen atoms in total. The van der Waals surface area contributed by atoms with Crippen molar-refractivity contribution in [3.63, 3.8) is 0 Å². The van der Waals surface area contributed by atoms with E-state index in [1.807, 2.05) is 20.8 Å². The number of esters is 1. The lowest BCUT2D eigenvalue weighted by molar-refractivity contribution is -0.153. The Hall–Kier alpha value is -0.530. The maximum absolute atomic E-state index is 11.6. The second-order valence-electron chi connectivity index (χ2n) is 8.69. The molecule has 22 heavy (non-hydrogen) atoms. The van der Waals surface area contributed by atoms with Gasteiger partial charge >= 0.3 is 5.97 Å².